The minimum Gasteiger partial charge on any atom is -0.388 e. The Bertz CT molecular complexity index is 337. The molecular formula is C13H17FO. The molecule has 15 heavy (non-hydrogen) atoms. The van der Waals surface area contributed by atoms with Crippen LogP contribution in [0.2, 0.25) is 0 Å². The highest BCUT2D eigenvalue weighted by molar-refractivity contribution is 5.25. The van der Waals surface area contributed by atoms with E-state index in [0.717, 1.165) is 17.6 Å². The summed E-state index contributed by atoms with van der Waals surface area (Å²) in [7, 11) is 0. The van der Waals surface area contributed by atoms with Crippen LogP contribution in [-0.2, 0) is 0 Å². The number of rotatable bonds is 4. The molecule has 0 saturated heterocycles. The molecule has 1 unspecified atom stereocenters. The monoisotopic (exact) mass is 208 g/mol. The molecular weight excluding hydrogens is 191 g/mol. The average molecular weight is 208 g/mol. The lowest BCUT2D eigenvalue weighted by Gasteiger charge is -2.11. The fourth-order valence-corrected chi connectivity index (χ4v) is 1.51. The Morgan fingerprint density at radius 1 is 1.47 bits per heavy atom. The molecule has 0 fully saturated rings. The molecule has 0 spiro atoms. The second-order valence-electron chi connectivity index (χ2n) is 4.07. The minimum absolute atomic E-state index is 0.292. The first kappa shape index (κ1) is 11.9. The number of hydrogen-bond donors (Lipinski definition) is 1. The molecule has 1 rings (SSSR count). The molecule has 2 heteroatoms. The summed E-state index contributed by atoms with van der Waals surface area (Å²) in [5, 5.41) is 9.81. The van der Waals surface area contributed by atoms with Crippen LogP contribution < -0.4 is 0 Å². The van der Waals surface area contributed by atoms with Crippen LogP contribution in [0.3, 0.4) is 0 Å². The maximum atomic E-state index is 13.1. The number of halogens is 1. The molecule has 1 aromatic carbocycles. The van der Waals surface area contributed by atoms with Crippen molar-refractivity contribution < 1.29 is 9.50 Å². The molecule has 0 aliphatic heterocycles. The van der Waals surface area contributed by atoms with Gasteiger partial charge in [0, 0.05) is 0 Å². The molecule has 0 bridgehead atoms. The maximum Gasteiger partial charge on any atom is 0.123 e. The zero-order valence-corrected chi connectivity index (χ0v) is 9.26. The summed E-state index contributed by atoms with van der Waals surface area (Å²) >= 11 is 0. The maximum absolute atomic E-state index is 13.1. The van der Waals surface area contributed by atoms with Gasteiger partial charge in [-0.15, -0.1) is 6.58 Å². The van der Waals surface area contributed by atoms with Crippen LogP contribution in [0.15, 0.2) is 30.4 Å². The lowest BCUT2D eigenvalue weighted by Crippen LogP contribution is -1.99. The number of aliphatic hydroxyl groups is 1. The van der Waals surface area contributed by atoms with Crippen LogP contribution in [0.5, 0.6) is 0 Å². The van der Waals surface area contributed by atoms with Crippen molar-refractivity contribution in [3.63, 3.8) is 0 Å². The average Bonchev–Trinajstić information content (AvgIpc) is 2.12. The van der Waals surface area contributed by atoms with Crippen LogP contribution in [0, 0.1) is 12.7 Å². The van der Waals surface area contributed by atoms with Gasteiger partial charge in [-0.25, -0.2) is 4.39 Å². The summed E-state index contributed by atoms with van der Waals surface area (Å²) < 4.78 is 13.1. The zero-order chi connectivity index (χ0) is 11.4. The van der Waals surface area contributed by atoms with Crippen LogP contribution in [0.4, 0.5) is 4.39 Å². The van der Waals surface area contributed by atoms with Gasteiger partial charge in [-0.1, -0.05) is 11.6 Å². The van der Waals surface area contributed by atoms with Gasteiger partial charge < -0.3 is 5.11 Å². The van der Waals surface area contributed by atoms with E-state index < -0.39 is 6.10 Å². The number of allylic oxidation sites excluding steroid dienone is 1. The Morgan fingerprint density at radius 3 is 2.67 bits per heavy atom. The topological polar surface area (TPSA) is 20.2 Å². The van der Waals surface area contributed by atoms with E-state index in [9.17, 15) is 9.50 Å². The van der Waals surface area contributed by atoms with Gasteiger partial charge in [-0.2, -0.15) is 0 Å². The fraction of sp³-hybridized carbons (Fsp3) is 0.385. The summed E-state index contributed by atoms with van der Waals surface area (Å²) in [5.74, 6) is -0.292. The second-order valence-corrected chi connectivity index (χ2v) is 4.07. The van der Waals surface area contributed by atoms with Gasteiger partial charge >= 0.3 is 0 Å². The third-order valence-electron chi connectivity index (χ3n) is 2.29. The zero-order valence-electron chi connectivity index (χ0n) is 9.26. The number of benzene rings is 1. The van der Waals surface area contributed by atoms with Crippen molar-refractivity contribution >= 4 is 0 Å². The van der Waals surface area contributed by atoms with Crippen molar-refractivity contribution in [2.45, 2.75) is 32.8 Å². The van der Waals surface area contributed by atoms with E-state index in [1.165, 1.54) is 12.1 Å². The van der Waals surface area contributed by atoms with Gasteiger partial charge in [0.15, 0.2) is 0 Å². The molecule has 0 aliphatic rings. The molecule has 1 nitrogen and oxygen atoms in total. The largest absolute Gasteiger partial charge is 0.388 e. The first-order chi connectivity index (χ1) is 6.99. The SMILES string of the molecule is C=C(C)CCC(O)c1cc(C)cc(F)c1. The third-order valence-corrected chi connectivity index (χ3v) is 2.29. The van der Waals surface area contributed by atoms with Crippen molar-refractivity contribution in [2.75, 3.05) is 0 Å². The molecule has 0 radical (unpaired) electrons. The Hall–Kier alpha value is -1.15. The number of aliphatic hydroxyl groups excluding tert-OH is 1. The van der Waals surface area contributed by atoms with Gasteiger partial charge in [0.1, 0.15) is 5.82 Å². The van der Waals surface area contributed by atoms with Crippen molar-refractivity contribution in [3.8, 4) is 0 Å². The van der Waals surface area contributed by atoms with Gasteiger partial charge in [-0.3, -0.25) is 0 Å². The first-order valence-corrected chi connectivity index (χ1v) is 5.08. The normalized spacial score (nSPS) is 12.5. The highest BCUT2D eigenvalue weighted by atomic mass is 19.1. The predicted molar refractivity (Wildman–Crippen MR) is 60.1 cm³/mol. The number of hydrogen-bond acceptors (Lipinski definition) is 1. The van der Waals surface area contributed by atoms with E-state index >= 15 is 0 Å². The van der Waals surface area contributed by atoms with E-state index in [0.29, 0.717) is 12.0 Å². The Kier molecular flexibility index (Phi) is 4.04. The summed E-state index contributed by atoms with van der Waals surface area (Å²) in [4.78, 5) is 0. The van der Waals surface area contributed by atoms with Crippen molar-refractivity contribution in [2.24, 2.45) is 0 Å². The first-order valence-electron chi connectivity index (χ1n) is 5.08. The third kappa shape index (κ3) is 3.84. The lowest BCUT2D eigenvalue weighted by atomic mass is 10.0. The smallest absolute Gasteiger partial charge is 0.123 e. The summed E-state index contributed by atoms with van der Waals surface area (Å²) in [6, 6.07) is 4.65. The highest BCUT2D eigenvalue weighted by Crippen LogP contribution is 2.22. The molecule has 0 heterocycles. The van der Waals surface area contributed by atoms with E-state index in [-0.39, 0.29) is 5.82 Å². The van der Waals surface area contributed by atoms with E-state index in [4.69, 9.17) is 0 Å². The summed E-state index contributed by atoms with van der Waals surface area (Å²) in [5.41, 5.74) is 2.51. The molecule has 1 atom stereocenters. The standard InChI is InChI=1S/C13H17FO/c1-9(2)4-5-13(15)11-6-10(3)7-12(14)8-11/h6-8,13,15H,1,4-5H2,2-3H3. The van der Waals surface area contributed by atoms with Crippen molar-refractivity contribution in [1.29, 1.82) is 0 Å². The predicted octanol–water partition coefficient (Wildman–Crippen LogP) is 3.52. The van der Waals surface area contributed by atoms with Crippen LogP contribution in [-0.4, -0.2) is 5.11 Å². The molecule has 1 N–H and O–H groups in total. The summed E-state index contributed by atoms with van der Waals surface area (Å²) in [6.45, 7) is 7.51. The molecule has 0 saturated carbocycles. The lowest BCUT2D eigenvalue weighted by molar-refractivity contribution is 0.167. The Balaban J connectivity index is 2.72. The van der Waals surface area contributed by atoms with Gasteiger partial charge in [0.2, 0.25) is 0 Å². The van der Waals surface area contributed by atoms with Crippen LogP contribution in [0.25, 0.3) is 0 Å². The van der Waals surface area contributed by atoms with Crippen LogP contribution >= 0.6 is 0 Å². The van der Waals surface area contributed by atoms with Gasteiger partial charge in [-0.05, 0) is 49.9 Å². The summed E-state index contributed by atoms with van der Waals surface area (Å²) in [6.07, 6.45) is 0.755. The van der Waals surface area contributed by atoms with E-state index in [2.05, 4.69) is 6.58 Å². The Labute approximate surface area is 90.3 Å². The quantitative estimate of drug-likeness (QED) is 0.750. The van der Waals surface area contributed by atoms with Gasteiger partial charge in [0.25, 0.3) is 0 Å². The molecule has 0 amide bonds. The van der Waals surface area contributed by atoms with Gasteiger partial charge in [0.05, 0.1) is 6.10 Å². The van der Waals surface area contributed by atoms with Crippen molar-refractivity contribution in [1.82, 2.24) is 0 Å². The van der Waals surface area contributed by atoms with E-state index in [1.54, 1.807) is 0 Å². The molecule has 0 aliphatic carbocycles. The fourth-order valence-electron chi connectivity index (χ4n) is 1.51. The molecule has 0 aromatic heterocycles. The van der Waals surface area contributed by atoms with E-state index in [1.807, 2.05) is 19.9 Å². The second kappa shape index (κ2) is 5.08. The Morgan fingerprint density at radius 2 is 2.13 bits per heavy atom. The number of aryl methyl sites for hydroxylation is 1. The van der Waals surface area contributed by atoms with Crippen LogP contribution in [0.1, 0.15) is 37.0 Å². The minimum atomic E-state index is -0.601. The highest BCUT2D eigenvalue weighted by Gasteiger charge is 2.08. The van der Waals surface area contributed by atoms with Crippen molar-refractivity contribution in [3.05, 3.63) is 47.3 Å². The molecule has 82 valence electrons. The molecule has 1 aromatic rings.